The molecule has 0 atom stereocenters. The van der Waals surface area contributed by atoms with E-state index in [1.54, 1.807) is 18.2 Å². The zero-order valence-electron chi connectivity index (χ0n) is 10.8. The van der Waals surface area contributed by atoms with Gasteiger partial charge in [-0.15, -0.1) is 0 Å². The molecule has 1 amide bonds. The Balaban J connectivity index is 2.81. The van der Waals surface area contributed by atoms with Gasteiger partial charge in [0.25, 0.3) is 5.91 Å². The molecule has 0 unspecified atom stereocenters. The van der Waals surface area contributed by atoms with Crippen molar-refractivity contribution in [2.24, 2.45) is 0 Å². The van der Waals surface area contributed by atoms with E-state index in [9.17, 15) is 4.79 Å². The fourth-order valence-corrected chi connectivity index (χ4v) is 1.62. The number of hydrogen-bond acceptors (Lipinski definition) is 3. The lowest BCUT2D eigenvalue weighted by molar-refractivity contribution is 0.0971. The molecule has 0 aliphatic carbocycles. The average molecular weight is 266 g/mol. The number of carbonyl (C=O) groups is 1. The number of carbonyl (C=O) groups excluding carboxylic acids is 1. The molecular weight excluding hydrogens is 248 g/mol. The van der Waals surface area contributed by atoms with Crippen LogP contribution < -0.4 is 15.4 Å². The average Bonchev–Trinajstić information content (AvgIpc) is 2.28. The summed E-state index contributed by atoms with van der Waals surface area (Å²) in [7, 11) is 0. The van der Waals surface area contributed by atoms with Crippen LogP contribution in [0.2, 0.25) is 0 Å². The minimum absolute atomic E-state index is 0.0136. The van der Waals surface area contributed by atoms with Crippen LogP contribution in [0.1, 0.15) is 31.1 Å². The van der Waals surface area contributed by atoms with E-state index in [2.05, 4.69) is 10.6 Å². The number of nitrogens with one attached hydrogen (secondary N) is 2. The smallest absolute Gasteiger partial charge is 0.261 e. The summed E-state index contributed by atoms with van der Waals surface area (Å²) in [6.07, 6.45) is 0.0136. The maximum atomic E-state index is 12.0. The molecule has 0 bridgehead atoms. The molecule has 1 rings (SSSR count). The monoisotopic (exact) mass is 266 g/mol. The third-order valence-corrected chi connectivity index (χ3v) is 2.31. The lowest BCUT2D eigenvalue weighted by atomic mass is 10.2. The van der Waals surface area contributed by atoms with Crippen LogP contribution in [-0.4, -0.2) is 23.7 Å². The molecule has 4 nitrogen and oxygen atoms in total. The highest BCUT2D eigenvalue weighted by molar-refractivity contribution is 7.80. The largest absolute Gasteiger partial charge is 0.490 e. The zero-order chi connectivity index (χ0) is 13.5. The Bertz CT molecular complexity index is 433. The first-order valence-corrected chi connectivity index (χ1v) is 6.30. The Hall–Kier alpha value is -1.62. The SMILES string of the molecule is CCNC(=S)NC(=O)c1ccccc1OC(C)C. The molecule has 0 aromatic heterocycles. The third kappa shape index (κ3) is 4.33. The van der Waals surface area contributed by atoms with Crippen molar-refractivity contribution in [3.05, 3.63) is 29.8 Å². The van der Waals surface area contributed by atoms with Gasteiger partial charge in [0, 0.05) is 6.54 Å². The fourth-order valence-electron chi connectivity index (χ4n) is 1.39. The summed E-state index contributed by atoms with van der Waals surface area (Å²) in [5, 5.41) is 5.80. The standard InChI is InChI=1S/C13H18N2O2S/c1-4-14-13(18)15-12(16)10-7-5-6-8-11(10)17-9(2)3/h5-9H,4H2,1-3H3,(H2,14,15,16,18). The van der Waals surface area contributed by atoms with Gasteiger partial charge in [-0.25, -0.2) is 0 Å². The van der Waals surface area contributed by atoms with Crippen LogP contribution in [0.4, 0.5) is 0 Å². The molecule has 18 heavy (non-hydrogen) atoms. The number of para-hydroxylation sites is 1. The van der Waals surface area contributed by atoms with Crippen molar-refractivity contribution in [1.29, 1.82) is 0 Å². The quantitative estimate of drug-likeness (QED) is 0.819. The van der Waals surface area contributed by atoms with E-state index in [1.807, 2.05) is 26.8 Å². The van der Waals surface area contributed by atoms with E-state index in [0.717, 1.165) is 0 Å². The molecular formula is C13H18N2O2S. The summed E-state index contributed by atoms with van der Waals surface area (Å²) < 4.78 is 5.58. The van der Waals surface area contributed by atoms with E-state index in [4.69, 9.17) is 17.0 Å². The normalized spacial score (nSPS) is 10.0. The number of ether oxygens (including phenoxy) is 1. The molecule has 1 aromatic carbocycles. The molecule has 5 heteroatoms. The Morgan fingerprint density at radius 1 is 1.39 bits per heavy atom. The molecule has 0 saturated carbocycles. The molecule has 2 N–H and O–H groups in total. The van der Waals surface area contributed by atoms with E-state index >= 15 is 0 Å². The first-order valence-electron chi connectivity index (χ1n) is 5.89. The van der Waals surface area contributed by atoms with Gasteiger partial charge >= 0.3 is 0 Å². The molecule has 1 aromatic rings. The second-order valence-electron chi connectivity index (χ2n) is 3.98. The second-order valence-corrected chi connectivity index (χ2v) is 4.38. The van der Waals surface area contributed by atoms with Gasteiger partial charge in [-0.2, -0.15) is 0 Å². The van der Waals surface area contributed by atoms with Gasteiger partial charge in [-0.3, -0.25) is 10.1 Å². The van der Waals surface area contributed by atoms with Gasteiger partial charge in [0.15, 0.2) is 5.11 Å². The van der Waals surface area contributed by atoms with Gasteiger partial charge in [-0.05, 0) is 45.1 Å². The molecule has 0 aliphatic rings. The second kappa shape index (κ2) is 6.96. The summed E-state index contributed by atoms with van der Waals surface area (Å²) in [6.45, 7) is 6.41. The van der Waals surface area contributed by atoms with Gasteiger partial charge in [-0.1, -0.05) is 12.1 Å². The highest BCUT2D eigenvalue weighted by atomic mass is 32.1. The summed E-state index contributed by atoms with van der Waals surface area (Å²) in [5.74, 6) is 0.293. The summed E-state index contributed by atoms with van der Waals surface area (Å²) >= 11 is 4.98. The van der Waals surface area contributed by atoms with Gasteiger partial charge in [0.05, 0.1) is 11.7 Å². The minimum atomic E-state index is -0.266. The first kappa shape index (κ1) is 14.4. The highest BCUT2D eigenvalue weighted by Crippen LogP contribution is 2.19. The number of thiocarbonyl (C=S) groups is 1. The van der Waals surface area contributed by atoms with E-state index < -0.39 is 0 Å². The molecule has 98 valence electrons. The van der Waals surface area contributed by atoms with Crippen molar-refractivity contribution < 1.29 is 9.53 Å². The van der Waals surface area contributed by atoms with Gasteiger partial charge in [0.1, 0.15) is 5.75 Å². The van der Waals surface area contributed by atoms with Crippen LogP contribution in [0.3, 0.4) is 0 Å². The van der Waals surface area contributed by atoms with Crippen LogP contribution in [0.25, 0.3) is 0 Å². The highest BCUT2D eigenvalue weighted by Gasteiger charge is 2.13. The van der Waals surface area contributed by atoms with Crippen molar-refractivity contribution in [1.82, 2.24) is 10.6 Å². The zero-order valence-corrected chi connectivity index (χ0v) is 11.6. The van der Waals surface area contributed by atoms with Gasteiger partial charge in [0.2, 0.25) is 0 Å². The Labute approximate surface area is 113 Å². The van der Waals surface area contributed by atoms with Crippen LogP contribution >= 0.6 is 12.2 Å². The lowest BCUT2D eigenvalue weighted by Gasteiger charge is -2.14. The summed E-state index contributed by atoms with van der Waals surface area (Å²) in [6, 6.07) is 7.10. The summed E-state index contributed by atoms with van der Waals surface area (Å²) in [5.41, 5.74) is 0.478. The number of benzene rings is 1. The van der Waals surface area contributed by atoms with Crippen molar-refractivity contribution in [3.63, 3.8) is 0 Å². The Morgan fingerprint density at radius 3 is 2.67 bits per heavy atom. The molecule has 0 radical (unpaired) electrons. The number of hydrogen-bond donors (Lipinski definition) is 2. The van der Waals surface area contributed by atoms with Gasteiger partial charge < -0.3 is 10.1 Å². The van der Waals surface area contributed by atoms with Crippen molar-refractivity contribution in [3.8, 4) is 5.75 Å². The fraction of sp³-hybridized carbons (Fsp3) is 0.385. The molecule has 0 heterocycles. The van der Waals surface area contributed by atoms with E-state index in [-0.39, 0.29) is 12.0 Å². The summed E-state index contributed by atoms with van der Waals surface area (Å²) in [4.78, 5) is 12.0. The number of rotatable bonds is 4. The predicted molar refractivity (Wildman–Crippen MR) is 75.9 cm³/mol. The third-order valence-electron chi connectivity index (χ3n) is 2.06. The predicted octanol–water partition coefficient (Wildman–Crippen LogP) is 2.10. The van der Waals surface area contributed by atoms with Crippen molar-refractivity contribution in [2.75, 3.05) is 6.54 Å². The molecule has 0 aliphatic heterocycles. The maximum absolute atomic E-state index is 12.0. The van der Waals surface area contributed by atoms with Crippen LogP contribution in [-0.2, 0) is 0 Å². The minimum Gasteiger partial charge on any atom is -0.490 e. The van der Waals surface area contributed by atoms with Crippen molar-refractivity contribution in [2.45, 2.75) is 26.9 Å². The molecule has 0 fully saturated rings. The Morgan fingerprint density at radius 2 is 2.06 bits per heavy atom. The van der Waals surface area contributed by atoms with E-state index in [0.29, 0.717) is 23.0 Å². The number of amides is 1. The van der Waals surface area contributed by atoms with Crippen molar-refractivity contribution >= 4 is 23.2 Å². The van der Waals surface area contributed by atoms with E-state index in [1.165, 1.54) is 0 Å². The molecule has 0 spiro atoms. The first-order chi connectivity index (χ1) is 8.54. The Kier molecular flexibility index (Phi) is 5.58. The maximum Gasteiger partial charge on any atom is 0.261 e. The van der Waals surface area contributed by atoms with Crippen LogP contribution in [0.5, 0.6) is 5.75 Å². The van der Waals surface area contributed by atoms with Crippen LogP contribution in [0.15, 0.2) is 24.3 Å². The van der Waals surface area contributed by atoms with Crippen LogP contribution in [0, 0.1) is 0 Å². The topological polar surface area (TPSA) is 50.4 Å². The molecule has 0 saturated heterocycles. The lowest BCUT2D eigenvalue weighted by Crippen LogP contribution is -2.39.